The van der Waals surface area contributed by atoms with Crippen molar-refractivity contribution in [2.75, 3.05) is 0 Å². The Hall–Kier alpha value is -3.60. The van der Waals surface area contributed by atoms with Crippen LogP contribution in [-0.2, 0) is 13.7 Å². The van der Waals surface area contributed by atoms with Gasteiger partial charge in [-0.2, -0.15) is 5.10 Å². The van der Waals surface area contributed by atoms with E-state index in [1.807, 2.05) is 72.9 Å². The second-order valence-electron chi connectivity index (χ2n) is 6.26. The van der Waals surface area contributed by atoms with Crippen LogP contribution in [0.3, 0.4) is 0 Å². The molecule has 0 aliphatic carbocycles. The molecule has 0 saturated heterocycles. The molecule has 0 bridgehead atoms. The molecule has 0 fully saturated rings. The van der Waals surface area contributed by atoms with Crippen molar-refractivity contribution in [1.29, 1.82) is 0 Å². The van der Waals surface area contributed by atoms with E-state index in [4.69, 9.17) is 4.74 Å². The predicted molar refractivity (Wildman–Crippen MR) is 105 cm³/mol. The maximum absolute atomic E-state index is 12.4. The number of nitrogens with zero attached hydrogens (tertiary/aromatic N) is 3. The number of rotatable bonds is 5. The molecule has 0 spiro atoms. The molecule has 5 nitrogen and oxygen atoms in total. The number of aryl methyl sites for hydroxylation is 1. The topological polar surface area (TPSA) is 49.0 Å². The minimum Gasteiger partial charge on any atom is -0.483 e. The molecule has 0 unspecified atom stereocenters. The van der Waals surface area contributed by atoms with Crippen LogP contribution in [0.25, 0.3) is 16.9 Å². The van der Waals surface area contributed by atoms with Gasteiger partial charge in [-0.1, -0.05) is 60.7 Å². The molecule has 0 N–H and O–H groups in total. The first-order chi connectivity index (χ1) is 13.2. The molecular formula is C22H19N3O2. The van der Waals surface area contributed by atoms with Crippen molar-refractivity contribution in [3.63, 3.8) is 0 Å². The Morgan fingerprint density at radius 2 is 1.67 bits per heavy atom. The van der Waals surface area contributed by atoms with Crippen LogP contribution in [0.5, 0.6) is 5.75 Å². The zero-order chi connectivity index (χ0) is 18.6. The lowest BCUT2D eigenvalue weighted by Gasteiger charge is -2.10. The van der Waals surface area contributed by atoms with E-state index in [-0.39, 0.29) is 5.56 Å². The van der Waals surface area contributed by atoms with Crippen LogP contribution < -0.4 is 10.3 Å². The van der Waals surface area contributed by atoms with E-state index in [9.17, 15) is 4.79 Å². The Kier molecular flexibility index (Phi) is 4.58. The molecular weight excluding hydrogens is 338 g/mol. The molecule has 0 aliphatic heterocycles. The third kappa shape index (κ3) is 3.67. The van der Waals surface area contributed by atoms with Crippen molar-refractivity contribution in [3.8, 4) is 22.7 Å². The molecule has 0 radical (unpaired) electrons. The van der Waals surface area contributed by atoms with Crippen LogP contribution in [0.4, 0.5) is 0 Å². The lowest BCUT2D eigenvalue weighted by atomic mass is 10.2. The van der Waals surface area contributed by atoms with Crippen LogP contribution >= 0.6 is 0 Å². The third-order valence-electron chi connectivity index (χ3n) is 4.30. The van der Waals surface area contributed by atoms with E-state index < -0.39 is 0 Å². The van der Waals surface area contributed by atoms with Gasteiger partial charge in [0.25, 0.3) is 5.56 Å². The van der Waals surface area contributed by atoms with Crippen LogP contribution in [0.2, 0.25) is 0 Å². The average Bonchev–Trinajstić information content (AvgIpc) is 3.21. The summed E-state index contributed by atoms with van der Waals surface area (Å²) in [6.45, 7) is 0.341. The van der Waals surface area contributed by atoms with Gasteiger partial charge in [0.2, 0.25) is 0 Å². The Labute approximate surface area is 157 Å². The van der Waals surface area contributed by atoms with Crippen LogP contribution in [-0.4, -0.2) is 14.3 Å². The summed E-state index contributed by atoms with van der Waals surface area (Å²) < 4.78 is 9.04. The van der Waals surface area contributed by atoms with Gasteiger partial charge in [0.05, 0.1) is 11.4 Å². The number of hydrogen-bond acceptors (Lipinski definition) is 3. The van der Waals surface area contributed by atoms with E-state index >= 15 is 0 Å². The summed E-state index contributed by atoms with van der Waals surface area (Å²) in [5.41, 5.74) is 3.51. The molecule has 134 valence electrons. The summed E-state index contributed by atoms with van der Waals surface area (Å²) in [6.07, 6.45) is 3.63. The quantitative estimate of drug-likeness (QED) is 0.546. The van der Waals surface area contributed by atoms with Gasteiger partial charge in [-0.25, -0.2) is 4.68 Å². The van der Waals surface area contributed by atoms with Crippen molar-refractivity contribution in [3.05, 3.63) is 101 Å². The lowest BCUT2D eigenvalue weighted by molar-refractivity contribution is 0.299. The lowest BCUT2D eigenvalue weighted by Crippen LogP contribution is -2.20. The minimum atomic E-state index is -0.176. The Balaban J connectivity index is 1.63. The summed E-state index contributed by atoms with van der Waals surface area (Å²) >= 11 is 0. The van der Waals surface area contributed by atoms with E-state index in [2.05, 4.69) is 5.10 Å². The third-order valence-corrected chi connectivity index (χ3v) is 4.30. The van der Waals surface area contributed by atoms with Crippen LogP contribution in [0, 0.1) is 0 Å². The van der Waals surface area contributed by atoms with Crippen molar-refractivity contribution in [2.24, 2.45) is 7.05 Å². The molecule has 4 rings (SSSR count). The highest BCUT2D eigenvalue weighted by atomic mass is 16.5. The number of pyridine rings is 1. The SMILES string of the molecule is Cn1cc(-n2ccc(-c3ccccc3)n2)cc(OCc2ccccc2)c1=O. The molecule has 27 heavy (non-hydrogen) atoms. The zero-order valence-electron chi connectivity index (χ0n) is 14.9. The summed E-state index contributed by atoms with van der Waals surface area (Å²) in [5, 5.41) is 4.63. The van der Waals surface area contributed by atoms with E-state index in [1.54, 1.807) is 24.0 Å². The largest absolute Gasteiger partial charge is 0.483 e. The van der Waals surface area contributed by atoms with Crippen LogP contribution in [0.15, 0.2) is 90.0 Å². The van der Waals surface area contributed by atoms with Gasteiger partial charge < -0.3 is 9.30 Å². The summed E-state index contributed by atoms with van der Waals surface area (Å²) in [6, 6.07) is 23.4. The van der Waals surface area contributed by atoms with Crippen molar-refractivity contribution >= 4 is 0 Å². The highest BCUT2D eigenvalue weighted by molar-refractivity contribution is 5.58. The zero-order valence-corrected chi connectivity index (χ0v) is 14.9. The summed E-state index contributed by atoms with van der Waals surface area (Å²) in [7, 11) is 1.71. The first-order valence-corrected chi connectivity index (χ1v) is 8.69. The standard InChI is InChI=1S/C22H19N3O2/c1-24-15-19(25-13-12-20(23-25)18-10-6-3-7-11-18)14-21(22(24)26)27-16-17-8-4-2-5-9-17/h2-15H,16H2,1H3. The highest BCUT2D eigenvalue weighted by Gasteiger charge is 2.10. The number of hydrogen-bond donors (Lipinski definition) is 0. The fraction of sp³-hybridized carbons (Fsp3) is 0.0909. The molecule has 0 atom stereocenters. The van der Waals surface area contributed by atoms with Gasteiger partial charge in [0.15, 0.2) is 5.75 Å². The molecule has 2 heterocycles. The fourth-order valence-corrected chi connectivity index (χ4v) is 2.86. The molecule has 5 heteroatoms. The first kappa shape index (κ1) is 16.8. The fourth-order valence-electron chi connectivity index (χ4n) is 2.86. The van der Waals surface area contributed by atoms with E-state index in [1.165, 1.54) is 4.57 Å². The van der Waals surface area contributed by atoms with E-state index in [0.29, 0.717) is 12.4 Å². The van der Waals surface area contributed by atoms with Gasteiger partial charge in [-0.05, 0) is 11.6 Å². The smallest absolute Gasteiger partial charge is 0.292 e. The van der Waals surface area contributed by atoms with Gasteiger partial charge in [-0.15, -0.1) is 0 Å². The monoisotopic (exact) mass is 357 g/mol. The van der Waals surface area contributed by atoms with Gasteiger partial charge in [0, 0.05) is 31.1 Å². The Morgan fingerprint density at radius 1 is 0.963 bits per heavy atom. The average molecular weight is 357 g/mol. The number of ether oxygens (including phenoxy) is 1. The van der Waals surface area contributed by atoms with Gasteiger partial charge in [0.1, 0.15) is 6.61 Å². The Morgan fingerprint density at radius 3 is 2.41 bits per heavy atom. The number of aromatic nitrogens is 3. The summed E-state index contributed by atoms with van der Waals surface area (Å²) in [4.78, 5) is 12.4. The molecule has 0 saturated carbocycles. The molecule has 0 aliphatic rings. The first-order valence-electron chi connectivity index (χ1n) is 8.69. The van der Waals surface area contributed by atoms with E-state index in [0.717, 1.165) is 22.5 Å². The highest BCUT2D eigenvalue weighted by Crippen LogP contribution is 2.19. The molecule has 2 aromatic heterocycles. The molecule has 0 amide bonds. The molecule has 2 aromatic carbocycles. The second-order valence-corrected chi connectivity index (χ2v) is 6.26. The minimum absolute atomic E-state index is 0.176. The maximum Gasteiger partial charge on any atom is 0.292 e. The van der Waals surface area contributed by atoms with Crippen molar-refractivity contribution in [2.45, 2.75) is 6.61 Å². The maximum atomic E-state index is 12.4. The summed E-state index contributed by atoms with van der Waals surface area (Å²) in [5.74, 6) is 0.301. The number of benzene rings is 2. The van der Waals surface area contributed by atoms with Crippen molar-refractivity contribution < 1.29 is 4.74 Å². The Bertz CT molecular complexity index is 1100. The second kappa shape index (κ2) is 7.33. The van der Waals surface area contributed by atoms with Crippen molar-refractivity contribution in [1.82, 2.24) is 14.3 Å². The van der Waals surface area contributed by atoms with Gasteiger partial charge >= 0.3 is 0 Å². The predicted octanol–water partition coefficient (Wildman–Crippen LogP) is 3.82. The molecule has 4 aromatic rings. The van der Waals surface area contributed by atoms with Crippen LogP contribution in [0.1, 0.15) is 5.56 Å². The normalized spacial score (nSPS) is 10.7. The van der Waals surface area contributed by atoms with Gasteiger partial charge in [-0.3, -0.25) is 4.79 Å².